The van der Waals surface area contributed by atoms with Crippen molar-refractivity contribution in [1.29, 1.82) is 0 Å². The Morgan fingerprint density at radius 1 is 1.77 bits per heavy atom. The zero-order valence-electron chi connectivity index (χ0n) is 7.21. The lowest BCUT2D eigenvalue weighted by Crippen LogP contribution is -2.29. The predicted molar refractivity (Wildman–Crippen MR) is 48.6 cm³/mol. The van der Waals surface area contributed by atoms with Gasteiger partial charge in [-0.3, -0.25) is 9.59 Å². The molecule has 0 saturated carbocycles. The third-order valence-corrected chi connectivity index (χ3v) is 1.86. The normalized spacial score (nSPS) is 16.0. The fraction of sp³-hybridized carbons (Fsp3) is 0.571. The maximum atomic E-state index is 11.0. The first kappa shape index (κ1) is 9.98. The molecule has 1 aliphatic rings. The van der Waals surface area contributed by atoms with E-state index in [1.54, 1.807) is 7.05 Å². The van der Waals surface area contributed by atoms with E-state index in [0.717, 1.165) is 0 Å². The van der Waals surface area contributed by atoms with Crippen LogP contribution >= 0.6 is 11.6 Å². The Kier molecular flexibility index (Phi) is 3.25. The minimum absolute atomic E-state index is 0.0601. The summed E-state index contributed by atoms with van der Waals surface area (Å²) in [6, 6.07) is 0. The number of carbonyl (C=O) groups is 2. The van der Waals surface area contributed by atoms with E-state index in [1.165, 1.54) is 5.01 Å². The highest BCUT2D eigenvalue weighted by Crippen LogP contribution is 2.03. The lowest BCUT2D eigenvalue weighted by atomic mass is 10.3. The zero-order chi connectivity index (χ0) is 9.84. The summed E-state index contributed by atoms with van der Waals surface area (Å²) in [4.78, 5) is 21.7. The van der Waals surface area contributed by atoms with Crippen LogP contribution in [-0.4, -0.2) is 42.0 Å². The van der Waals surface area contributed by atoms with E-state index in [0.29, 0.717) is 12.3 Å². The van der Waals surface area contributed by atoms with Gasteiger partial charge in [0.1, 0.15) is 5.88 Å². The van der Waals surface area contributed by atoms with Crippen LogP contribution in [0.15, 0.2) is 5.10 Å². The number of hydrazone groups is 1. The van der Waals surface area contributed by atoms with Gasteiger partial charge in [0.05, 0.1) is 18.7 Å². The lowest BCUT2D eigenvalue weighted by Gasteiger charge is -2.00. The largest absolute Gasteiger partial charge is 0.350 e. The van der Waals surface area contributed by atoms with Crippen molar-refractivity contribution >= 4 is 29.1 Å². The molecular formula is C7H10ClN3O2. The summed E-state index contributed by atoms with van der Waals surface area (Å²) in [5.74, 6) is -0.390. The summed E-state index contributed by atoms with van der Waals surface area (Å²) in [5.41, 5.74) is 0.658. The molecule has 13 heavy (non-hydrogen) atoms. The van der Waals surface area contributed by atoms with Gasteiger partial charge in [0, 0.05) is 7.05 Å². The molecule has 6 heteroatoms. The Hall–Kier alpha value is -1.10. The van der Waals surface area contributed by atoms with Gasteiger partial charge in [0.15, 0.2) is 0 Å². The Morgan fingerprint density at radius 3 is 2.92 bits per heavy atom. The molecule has 0 aliphatic carbocycles. The number of alkyl halides is 1. The molecule has 0 radical (unpaired) electrons. The third kappa shape index (κ3) is 2.69. The van der Waals surface area contributed by atoms with Gasteiger partial charge < -0.3 is 5.32 Å². The second-order valence-electron chi connectivity index (χ2n) is 2.67. The van der Waals surface area contributed by atoms with Crippen LogP contribution in [0.25, 0.3) is 0 Å². The fourth-order valence-corrected chi connectivity index (χ4v) is 1.03. The molecule has 1 rings (SSSR count). The molecule has 0 spiro atoms. The maximum absolute atomic E-state index is 11.0. The lowest BCUT2D eigenvalue weighted by molar-refractivity contribution is -0.127. The van der Waals surface area contributed by atoms with E-state index in [1.807, 2.05) is 0 Å². The fourth-order valence-electron chi connectivity index (χ4n) is 0.938. The molecule has 0 unspecified atom stereocenters. The molecular weight excluding hydrogens is 194 g/mol. The number of amides is 2. The molecule has 1 N–H and O–H groups in total. The SMILES string of the molecule is CN1N=C(CNC(=O)CCl)CC1=O. The molecule has 0 aromatic rings. The Morgan fingerprint density at radius 2 is 2.46 bits per heavy atom. The van der Waals surface area contributed by atoms with Crippen LogP contribution in [0.2, 0.25) is 0 Å². The van der Waals surface area contributed by atoms with Gasteiger partial charge in [-0.1, -0.05) is 0 Å². The van der Waals surface area contributed by atoms with E-state index < -0.39 is 0 Å². The molecule has 0 fully saturated rings. The van der Waals surface area contributed by atoms with Crippen molar-refractivity contribution < 1.29 is 9.59 Å². The van der Waals surface area contributed by atoms with E-state index in [2.05, 4.69) is 10.4 Å². The van der Waals surface area contributed by atoms with Gasteiger partial charge in [-0.25, -0.2) is 5.01 Å². The van der Waals surface area contributed by atoms with Crippen LogP contribution in [0, 0.1) is 0 Å². The van der Waals surface area contributed by atoms with Crippen LogP contribution < -0.4 is 5.32 Å². The van der Waals surface area contributed by atoms with Gasteiger partial charge in [-0.2, -0.15) is 5.10 Å². The summed E-state index contributed by atoms with van der Waals surface area (Å²) >= 11 is 5.27. The van der Waals surface area contributed by atoms with E-state index >= 15 is 0 Å². The molecule has 1 heterocycles. The van der Waals surface area contributed by atoms with Crippen molar-refractivity contribution in [2.75, 3.05) is 19.5 Å². The van der Waals surface area contributed by atoms with Gasteiger partial charge >= 0.3 is 0 Å². The molecule has 2 amide bonds. The summed E-state index contributed by atoms with van der Waals surface area (Å²) in [5, 5.41) is 7.72. The van der Waals surface area contributed by atoms with Gasteiger partial charge in [0.25, 0.3) is 0 Å². The molecule has 0 saturated heterocycles. The molecule has 0 atom stereocenters. The minimum Gasteiger partial charge on any atom is -0.350 e. The Balaban J connectivity index is 2.35. The van der Waals surface area contributed by atoms with Crippen molar-refractivity contribution in [2.24, 2.45) is 5.10 Å². The molecule has 72 valence electrons. The highest BCUT2D eigenvalue weighted by molar-refractivity contribution is 6.27. The van der Waals surface area contributed by atoms with Crippen molar-refractivity contribution in [3.05, 3.63) is 0 Å². The molecule has 0 aromatic carbocycles. The van der Waals surface area contributed by atoms with Gasteiger partial charge in [-0.15, -0.1) is 11.6 Å². The summed E-state index contributed by atoms with van der Waals surface area (Å²) in [6.45, 7) is 0.293. The standard InChI is InChI=1S/C7H10ClN3O2/c1-11-7(13)2-5(10-11)4-9-6(12)3-8/h2-4H2,1H3,(H,9,12). The Bertz CT molecular complexity index is 264. The van der Waals surface area contributed by atoms with E-state index in [4.69, 9.17) is 11.6 Å². The van der Waals surface area contributed by atoms with Crippen LogP contribution in [0.5, 0.6) is 0 Å². The Labute approximate surface area is 80.7 Å². The first-order valence-electron chi connectivity index (χ1n) is 3.79. The van der Waals surface area contributed by atoms with Gasteiger partial charge in [-0.05, 0) is 0 Å². The van der Waals surface area contributed by atoms with Crippen LogP contribution in [0.3, 0.4) is 0 Å². The van der Waals surface area contributed by atoms with E-state index in [9.17, 15) is 9.59 Å². The number of nitrogens with zero attached hydrogens (tertiary/aromatic N) is 2. The second-order valence-corrected chi connectivity index (χ2v) is 2.94. The van der Waals surface area contributed by atoms with Crippen LogP contribution in [-0.2, 0) is 9.59 Å². The number of carbonyl (C=O) groups excluding carboxylic acids is 2. The average Bonchev–Trinajstić information content (AvgIpc) is 2.42. The molecule has 0 bridgehead atoms. The topological polar surface area (TPSA) is 61.8 Å². The number of halogens is 1. The van der Waals surface area contributed by atoms with Crippen LogP contribution in [0.1, 0.15) is 6.42 Å². The smallest absolute Gasteiger partial charge is 0.248 e. The van der Waals surface area contributed by atoms with Crippen molar-refractivity contribution in [3.8, 4) is 0 Å². The predicted octanol–water partition coefficient (Wildman–Crippen LogP) is -0.441. The number of hydrogen-bond acceptors (Lipinski definition) is 3. The summed E-state index contributed by atoms with van der Waals surface area (Å²) in [6.07, 6.45) is 0.277. The van der Waals surface area contributed by atoms with Crippen LogP contribution in [0.4, 0.5) is 0 Å². The van der Waals surface area contributed by atoms with Crippen molar-refractivity contribution in [2.45, 2.75) is 6.42 Å². The van der Waals surface area contributed by atoms with E-state index in [-0.39, 0.29) is 24.1 Å². The average molecular weight is 204 g/mol. The first-order valence-corrected chi connectivity index (χ1v) is 4.32. The monoisotopic (exact) mass is 203 g/mol. The zero-order valence-corrected chi connectivity index (χ0v) is 7.97. The van der Waals surface area contributed by atoms with Gasteiger partial charge in [0.2, 0.25) is 11.8 Å². The number of rotatable bonds is 3. The second kappa shape index (κ2) is 4.23. The highest BCUT2D eigenvalue weighted by atomic mass is 35.5. The maximum Gasteiger partial charge on any atom is 0.248 e. The minimum atomic E-state index is -0.258. The summed E-state index contributed by atoms with van der Waals surface area (Å²) in [7, 11) is 1.58. The summed E-state index contributed by atoms with van der Waals surface area (Å²) < 4.78 is 0. The van der Waals surface area contributed by atoms with Crippen molar-refractivity contribution in [1.82, 2.24) is 10.3 Å². The molecule has 5 nitrogen and oxygen atoms in total. The number of nitrogens with one attached hydrogen (secondary N) is 1. The molecule has 1 aliphatic heterocycles. The van der Waals surface area contributed by atoms with Crippen molar-refractivity contribution in [3.63, 3.8) is 0 Å². The first-order chi connectivity index (χ1) is 6.13. The molecule has 0 aromatic heterocycles. The highest BCUT2D eigenvalue weighted by Gasteiger charge is 2.19. The number of hydrogen-bond donors (Lipinski definition) is 1. The third-order valence-electron chi connectivity index (χ3n) is 1.62. The quantitative estimate of drug-likeness (QED) is 0.633.